The second-order valence-corrected chi connectivity index (χ2v) is 6.15. The number of carbonyl (C=O) groups is 2. The molecule has 0 saturated heterocycles. The lowest BCUT2D eigenvalue weighted by Gasteiger charge is -2.18. The van der Waals surface area contributed by atoms with Crippen LogP contribution in [-0.2, 0) is 18.4 Å². The summed E-state index contributed by atoms with van der Waals surface area (Å²) in [4.78, 5) is 25.7. The fourth-order valence-corrected chi connectivity index (χ4v) is 2.66. The fraction of sp³-hybridized carbons (Fsp3) is 0.389. The number of hydrogen-bond acceptors (Lipinski definition) is 3. The van der Waals surface area contributed by atoms with Crippen molar-refractivity contribution < 1.29 is 9.59 Å². The van der Waals surface area contributed by atoms with E-state index in [1.807, 2.05) is 38.6 Å². The van der Waals surface area contributed by atoms with E-state index in [2.05, 4.69) is 10.4 Å². The molecule has 0 unspecified atom stereocenters. The van der Waals surface area contributed by atoms with Crippen molar-refractivity contribution in [3.63, 3.8) is 0 Å². The Morgan fingerprint density at radius 1 is 1.25 bits per heavy atom. The average molecular weight is 328 g/mol. The molecule has 1 aromatic heterocycles. The summed E-state index contributed by atoms with van der Waals surface area (Å²) in [7, 11) is 3.67. The summed E-state index contributed by atoms with van der Waals surface area (Å²) in [6, 6.07) is 5.34. The van der Waals surface area contributed by atoms with Crippen LogP contribution in [0.4, 0.5) is 5.69 Å². The first-order valence-corrected chi connectivity index (χ1v) is 7.83. The van der Waals surface area contributed by atoms with Crippen LogP contribution in [0, 0.1) is 20.8 Å². The van der Waals surface area contributed by atoms with Crippen LogP contribution in [0.2, 0.25) is 0 Å². The van der Waals surface area contributed by atoms with Crippen LogP contribution in [0.5, 0.6) is 0 Å². The Kier molecular flexibility index (Phi) is 5.07. The maximum atomic E-state index is 12.7. The molecule has 2 rings (SSSR count). The fourth-order valence-electron chi connectivity index (χ4n) is 2.66. The van der Waals surface area contributed by atoms with Crippen molar-refractivity contribution in [1.82, 2.24) is 14.7 Å². The third-order valence-corrected chi connectivity index (χ3v) is 4.20. The number of rotatable bonds is 4. The standard InChI is InChI=1S/C18H24N4O2/c1-11-7-8-15(9-17(11)19-14(4)23)18(24)21(5)10-16-12(2)20-22(6)13(16)3/h7-9H,10H2,1-6H3,(H,19,23). The van der Waals surface area contributed by atoms with E-state index in [1.165, 1.54) is 6.92 Å². The summed E-state index contributed by atoms with van der Waals surface area (Å²) in [6.45, 7) is 7.78. The van der Waals surface area contributed by atoms with Crippen LogP contribution >= 0.6 is 0 Å². The molecule has 0 saturated carbocycles. The van der Waals surface area contributed by atoms with Gasteiger partial charge in [-0.15, -0.1) is 0 Å². The van der Waals surface area contributed by atoms with Crippen molar-refractivity contribution in [3.05, 3.63) is 46.3 Å². The van der Waals surface area contributed by atoms with Gasteiger partial charge in [0.2, 0.25) is 5.91 Å². The van der Waals surface area contributed by atoms with E-state index in [-0.39, 0.29) is 11.8 Å². The molecule has 0 fully saturated rings. The van der Waals surface area contributed by atoms with Gasteiger partial charge in [0.1, 0.15) is 0 Å². The van der Waals surface area contributed by atoms with Crippen LogP contribution < -0.4 is 5.32 Å². The molecule has 6 nitrogen and oxygen atoms in total. The smallest absolute Gasteiger partial charge is 0.253 e. The van der Waals surface area contributed by atoms with E-state index in [4.69, 9.17) is 0 Å². The summed E-state index contributed by atoms with van der Waals surface area (Å²) < 4.78 is 1.82. The molecule has 2 amide bonds. The Morgan fingerprint density at radius 3 is 2.46 bits per heavy atom. The number of amides is 2. The summed E-state index contributed by atoms with van der Waals surface area (Å²) >= 11 is 0. The van der Waals surface area contributed by atoms with Gasteiger partial charge < -0.3 is 10.2 Å². The Balaban J connectivity index is 2.23. The zero-order valence-electron chi connectivity index (χ0n) is 15.1. The first-order valence-electron chi connectivity index (χ1n) is 7.83. The second kappa shape index (κ2) is 6.86. The first kappa shape index (κ1) is 17.7. The molecular formula is C18H24N4O2. The number of benzene rings is 1. The molecule has 24 heavy (non-hydrogen) atoms. The Labute approximate surface area is 142 Å². The lowest BCUT2D eigenvalue weighted by Crippen LogP contribution is -2.27. The number of nitrogens with one attached hydrogen (secondary N) is 1. The number of nitrogens with zero attached hydrogens (tertiary/aromatic N) is 3. The molecule has 0 aliphatic rings. The molecule has 1 heterocycles. The van der Waals surface area contributed by atoms with Gasteiger partial charge in [0.15, 0.2) is 0 Å². The van der Waals surface area contributed by atoms with Crippen molar-refractivity contribution in [2.45, 2.75) is 34.2 Å². The minimum absolute atomic E-state index is 0.0933. The zero-order valence-corrected chi connectivity index (χ0v) is 15.1. The van der Waals surface area contributed by atoms with Gasteiger partial charge in [0.25, 0.3) is 5.91 Å². The van der Waals surface area contributed by atoms with E-state index in [0.29, 0.717) is 17.8 Å². The molecule has 0 radical (unpaired) electrons. The molecule has 0 aliphatic heterocycles. The van der Waals surface area contributed by atoms with Gasteiger partial charge in [0, 0.05) is 50.1 Å². The van der Waals surface area contributed by atoms with Crippen LogP contribution in [-0.4, -0.2) is 33.5 Å². The highest BCUT2D eigenvalue weighted by Crippen LogP contribution is 2.20. The van der Waals surface area contributed by atoms with Crippen molar-refractivity contribution in [1.29, 1.82) is 0 Å². The lowest BCUT2D eigenvalue weighted by molar-refractivity contribution is -0.114. The Hall–Kier alpha value is -2.63. The number of hydrogen-bond donors (Lipinski definition) is 1. The van der Waals surface area contributed by atoms with Gasteiger partial charge in [-0.3, -0.25) is 14.3 Å². The van der Waals surface area contributed by atoms with Gasteiger partial charge in [-0.1, -0.05) is 6.07 Å². The number of aryl methyl sites for hydroxylation is 3. The van der Waals surface area contributed by atoms with Gasteiger partial charge in [-0.05, 0) is 38.5 Å². The van der Waals surface area contributed by atoms with Gasteiger partial charge in [-0.2, -0.15) is 5.10 Å². The maximum absolute atomic E-state index is 12.7. The van der Waals surface area contributed by atoms with Gasteiger partial charge >= 0.3 is 0 Å². The minimum Gasteiger partial charge on any atom is -0.337 e. The highest BCUT2D eigenvalue weighted by Gasteiger charge is 2.17. The van der Waals surface area contributed by atoms with E-state index in [1.54, 1.807) is 24.1 Å². The quantitative estimate of drug-likeness (QED) is 0.938. The largest absolute Gasteiger partial charge is 0.337 e. The van der Waals surface area contributed by atoms with Gasteiger partial charge in [0.05, 0.1) is 5.69 Å². The van der Waals surface area contributed by atoms with Crippen molar-refractivity contribution in [2.75, 3.05) is 12.4 Å². The average Bonchev–Trinajstić information content (AvgIpc) is 2.74. The highest BCUT2D eigenvalue weighted by atomic mass is 16.2. The monoisotopic (exact) mass is 328 g/mol. The summed E-state index contributed by atoms with van der Waals surface area (Å²) in [5, 5.41) is 7.14. The van der Waals surface area contributed by atoms with Crippen LogP contribution in [0.25, 0.3) is 0 Å². The van der Waals surface area contributed by atoms with Crippen molar-refractivity contribution in [3.8, 4) is 0 Å². The lowest BCUT2D eigenvalue weighted by atomic mass is 10.1. The van der Waals surface area contributed by atoms with Crippen molar-refractivity contribution >= 4 is 17.5 Å². The topological polar surface area (TPSA) is 67.2 Å². The highest BCUT2D eigenvalue weighted by molar-refractivity contribution is 5.97. The normalized spacial score (nSPS) is 10.6. The van der Waals surface area contributed by atoms with Crippen LogP contribution in [0.1, 0.15) is 39.8 Å². The van der Waals surface area contributed by atoms with Crippen LogP contribution in [0.3, 0.4) is 0 Å². The molecule has 0 bridgehead atoms. The van der Waals surface area contributed by atoms with Crippen LogP contribution in [0.15, 0.2) is 18.2 Å². The molecule has 0 spiro atoms. The first-order chi connectivity index (χ1) is 11.2. The number of carbonyl (C=O) groups excluding carboxylic acids is 2. The maximum Gasteiger partial charge on any atom is 0.253 e. The number of anilines is 1. The molecule has 0 aliphatic carbocycles. The second-order valence-electron chi connectivity index (χ2n) is 6.15. The summed E-state index contributed by atoms with van der Waals surface area (Å²) in [6.07, 6.45) is 0. The van der Waals surface area contributed by atoms with E-state index in [9.17, 15) is 9.59 Å². The SMILES string of the molecule is CC(=O)Nc1cc(C(=O)N(C)Cc2c(C)nn(C)c2C)ccc1C. The third-order valence-electron chi connectivity index (χ3n) is 4.20. The molecule has 6 heteroatoms. The zero-order chi connectivity index (χ0) is 18.0. The summed E-state index contributed by atoms with van der Waals surface area (Å²) in [5.74, 6) is -0.248. The van der Waals surface area contributed by atoms with Gasteiger partial charge in [-0.25, -0.2) is 0 Å². The molecule has 1 aromatic carbocycles. The summed E-state index contributed by atoms with van der Waals surface area (Å²) in [5.41, 5.74) is 5.17. The molecular weight excluding hydrogens is 304 g/mol. The minimum atomic E-state index is -0.155. The van der Waals surface area contributed by atoms with Crippen molar-refractivity contribution in [2.24, 2.45) is 7.05 Å². The van der Waals surface area contributed by atoms with E-state index in [0.717, 1.165) is 22.5 Å². The molecule has 0 atom stereocenters. The molecule has 1 N–H and O–H groups in total. The predicted molar refractivity (Wildman–Crippen MR) is 94.0 cm³/mol. The van der Waals surface area contributed by atoms with E-state index < -0.39 is 0 Å². The third kappa shape index (κ3) is 3.64. The Bertz CT molecular complexity index is 793. The molecule has 128 valence electrons. The molecule has 2 aromatic rings. The Morgan fingerprint density at radius 2 is 1.92 bits per heavy atom. The number of aromatic nitrogens is 2. The predicted octanol–water partition coefficient (Wildman–Crippen LogP) is 2.58. The van der Waals surface area contributed by atoms with E-state index >= 15 is 0 Å².